The van der Waals surface area contributed by atoms with Crippen LogP contribution >= 0.6 is 0 Å². The zero-order chi connectivity index (χ0) is 37.9. The highest BCUT2D eigenvalue weighted by molar-refractivity contribution is 6.18. The Morgan fingerprint density at radius 2 is 0.810 bits per heavy atom. The number of nitrogens with zero attached hydrogens (tertiary/aromatic N) is 4. The van der Waals surface area contributed by atoms with E-state index >= 15 is 0 Å². The quantitative estimate of drug-likeness (QED) is 0.181. The first kappa shape index (κ1) is 31.4. The molecule has 0 spiro atoms. The van der Waals surface area contributed by atoms with Gasteiger partial charge in [0.1, 0.15) is 22.3 Å². The topological polar surface area (TPSA) is 62.6 Å². The smallest absolute Gasteiger partial charge is 0.135 e. The van der Waals surface area contributed by atoms with E-state index in [0.717, 1.165) is 93.9 Å². The summed E-state index contributed by atoms with van der Waals surface area (Å²) in [5.74, 6) is 0.672. The van der Waals surface area contributed by atoms with Crippen molar-refractivity contribution in [1.29, 1.82) is 0 Å². The minimum atomic E-state index is 0.474. The molecule has 0 fully saturated rings. The lowest BCUT2D eigenvalue weighted by atomic mass is 10.0. The van der Waals surface area contributed by atoms with Crippen LogP contribution in [-0.4, -0.2) is 21.6 Å². The van der Waals surface area contributed by atoms with Gasteiger partial charge in [-0.2, -0.15) is 0 Å². The summed E-state index contributed by atoms with van der Waals surface area (Å²) < 4.78 is 16.8. The molecule has 0 N–H and O–H groups in total. The third-order valence-corrected chi connectivity index (χ3v) is 12.0. The Bertz CT molecular complexity index is 3510. The molecule has 1 aliphatic heterocycles. The largest absolute Gasteiger partial charge is 0.456 e. The van der Waals surface area contributed by atoms with Crippen LogP contribution in [-0.2, 0) is 0 Å². The van der Waals surface area contributed by atoms with E-state index in [1.54, 1.807) is 0 Å². The van der Waals surface area contributed by atoms with Crippen LogP contribution in [0.15, 0.2) is 190 Å². The zero-order valence-electron chi connectivity index (χ0n) is 31.1. The van der Waals surface area contributed by atoms with E-state index in [1.807, 2.05) is 30.5 Å². The fraction of sp³-hybridized carbons (Fsp3) is 0.0192. The van der Waals surface area contributed by atoms with E-state index in [2.05, 4.69) is 155 Å². The maximum Gasteiger partial charge on any atom is 0.135 e. The van der Waals surface area contributed by atoms with Gasteiger partial charge < -0.3 is 28.3 Å². The van der Waals surface area contributed by atoms with E-state index < -0.39 is 0 Å². The van der Waals surface area contributed by atoms with Crippen LogP contribution in [0.3, 0.4) is 0 Å². The number of hydrogen-bond acceptors (Lipinski definition) is 3. The fourth-order valence-electron chi connectivity index (χ4n) is 9.26. The van der Waals surface area contributed by atoms with E-state index in [-0.39, 0.29) is 0 Å². The molecule has 0 atom stereocenters. The van der Waals surface area contributed by atoms with Gasteiger partial charge >= 0.3 is 0 Å². The van der Waals surface area contributed by atoms with Crippen LogP contribution in [0.25, 0.3) is 121 Å². The summed E-state index contributed by atoms with van der Waals surface area (Å²) in [6, 6.07) is 60.0. The summed E-state index contributed by atoms with van der Waals surface area (Å²) >= 11 is 0. The van der Waals surface area contributed by atoms with Gasteiger partial charge in [-0.25, -0.2) is 0 Å². The van der Waals surface area contributed by atoms with E-state index in [1.165, 1.54) is 21.5 Å². The molecule has 0 bridgehead atoms. The Morgan fingerprint density at radius 1 is 0.379 bits per heavy atom. The predicted molar refractivity (Wildman–Crippen MR) is 240 cm³/mol. The second-order valence-electron chi connectivity index (χ2n) is 15.2. The molecule has 0 unspecified atom stereocenters. The first-order chi connectivity index (χ1) is 28.7. The first-order valence-electron chi connectivity index (χ1n) is 19.6. The molecule has 0 radical (unpaired) electrons. The SMILES string of the molecule is C1=C(n2c3ccccc3c3ccc(-c4ccc5oc6ccccc6c5c4)cc32)C[N-]C(n2c3ccccc3c3ccc(-c4ccc5oc6ccccc6c5c4)cc32)=N1. The molecule has 6 nitrogen and oxygen atoms in total. The number of para-hydroxylation sites is 4. The van der Waals surface area contributed by atoms with E-state index in [4.69, 9.17) is 19.1 Å². The second kappa shape index (κ2) is 11.8. The lowest BCUT2D eigenvalue weighted by Crippen LogP contribution is -2.16. The van der Waals surface area contributed by atoms with Gasteiger partial charge in [0, 0.05) is 50.5 Å². The molecule has 272 valence electrons. The second-order valence-corrected chi connectivity index (χ2v) is 15.2. The molecule has 0 saturated carbocycles. The minimum absolute atomic E-state index is 0.474. The Morgan fingerprint density at radius 3 is 1.36 bits per heavy atom. The Hall–Kier alpha value is -7.83. The average Bonchev–Trinajstić information content (AvgIpc) is 4.03. The van der Waals surface area contributed by atoms with Crippen molar-refractivity contribution in [3.63, 3.8) is 0 Å². The molecular formula is C52H31N4O2-. The molecule has 58 heavy (non-hydrogen) atoms. The van der Waals surface area contributed by atoms with Gasteiger partial charge in [-0.3, -0.25) is 0 Å². The van der Waals surface area contributed by atoms with Crippen LogP contribution in [0, 0.1) is 0 Å². The Balaban J connectivity index is 0.947. The molecule has 0 amide bonds. The molecule has 4 aromatic heterocycles. The molecule has 1 aliphatic rings. The summed E-state index contributed by atoms with van der Waals surface area (Å²) in [6.07, 6.45) is 2.01. The average molecular weight is 744 g/mol. The molecule has 13 rings (SSSR count). The number of hydrogen-bond donors (Lipinski definition) is 0. The summed E-state index contributed by atoms with van der Waals surface area (Å²) in [5, 5.41) is 14.4. The predicted octanol–water partition coefficient (Wildman–Crippen LogP) is 14.1. The van der Waals surface area contributed by atoms with Gasteiger partial charge in [0.05, 0.1) is 11.0 Å². The van der Waals surface area contributed by atoms with Crippen LogP contribution in [0.1, 0.15) is 0 Å². The Kier molecular flexibility index (Phi) is 6.41. The van der Waals surface area contributed by atoms with Gasteiger partial charge in [-0.15, -0.1) is 0 Å². The normalized spacial score (nSPS) is 13.4. The molecule has 6 heteroatoms. The van der Waals surface area contributed by atoms with E-state index in [9.17, 15) is 0 Å². The molecule has 5 heterocycles. The number of benzene rings is 8. The maximum absolute atomic E-state index is 6.15. The van der Waals surface area contributed by atoms with Gasteiger partial charge in [0.2, 0.25) is 0 Å². The first-order valence-corrected chi connectivity index (χ1v) is 19.6. The van der Waals surface area contributed by atoms with Gasteiger partial charge in [-0.05, 0) is 105 Å². The zero-order valence-corrected chi connectivity index (χ0v) is 31.1. The number of rotatable bonds is 3. The summed E-state index contributed by atoms with van der Waals surface area (Å²) in [7, 11) is 0. The minimum Gasteiger partial charge on any atom is -0.456 e. The van der Waals surface area contributed by atoms with Crippen molar-refractivity contribution in [2.75, 3.05) is 6.54 Å². The highest BCUT2D eigenvalue weighted by Crippen LogP contribution is 2.40. The summed E-state index contributed by atoms with van der Waals surface area (Å²) in [4.78, 5) is 5.14. The molecule has 12 aromatic rings. The lowest BCUT2D eigenvalue weighted by molar-refractivity contribution is 0.668. The van der Waals surface area contributed by atoms with Crippen LogP contribution < -0.4 is 0 Å². The lowest BCUT2D eigenvalue weighted by Gasteiger charge is -2.27. The number of furan rings is 2. The third-order valence-electron chi connectivity index (χ3n) is 12.0. The number of aliphatic imine (C=N–C) groups is 1. The monoisotopic (exact) mass is 743 g/mol. The standard InChI is InChI=1S/C52H31N4O2/c1-5-13-44-36(9-1)38-21-17-33(31-19-23-50-42(25-31)40-11-3-7-15-48(40)57-50)27-46(38)55(44)35-29-53-52(54-30-35)56-45-14-6-2-10-37(45)39-22-18-34(28-47(39)56)32-20-24-51-43(26-32)41-12-4-8-16-49(41)58-51/h1-29H,30H2/q-1. The van der Waals surface area contributed by atoms with E-state index in [0.29, 0.717) is 12.5 Å². The van der Waals surface area contributed by atoms with Gasteiger partial charge in [0.15, 0.2) is 0 Å². The number of fused-ring (bicyclic) bond motifs is 12. The van der Waals surface area contributed by atoms with Crippen molar-refractivity contribution < 1.29 is 8.83 Å². The molecule has 8 aromatic carbocycles. The highest BCUT2D eigenvalue weighted by Gasteiger charge is 2.18. The molecule has 0 saturated heterocycles. The van der Waals surface area contributed by atoms with Gasteiger partial charge in [-0.1, -0.05) is 115 Å². The van der Waals surface area contributed by atoms with Crippen molar-refractivity contribution in [1.82, 2.24) is 9.13 Å². The third kappa shape index (κ3) is 4.51. The Labute approximate surface area is 331 Å². The van der Waals surface area contributed by atoms with Crippen molar-refractivity contribution >= 4 is 99.1 Å². The summed E-state index contributed by atoms with van der Waals surface area (Å²) in [6.45, 7) is 0.474. The van der Waals surface area contributed by atoms with Crippen LogP contribution in [0.4, 0.5) is 0 Å². The molecular weight excluding hydrogens is 713 g/mol. The van der Waals surface area contributed by atoms with Crippen LogP contribution in [0.5, 0.6) is 0 Å². The fourth-order valence-corrected chi connectivity index (χ4v) is 9.26. The van der Waals surface area contributed by atoms with Crippen molar-refractivity contribution in [2.45, 2.75) is 0 Å². The van der Waals surface area contributed by atoms with Crippen molar-refractivity contribution in [3.8, 4) is 22.3 Å². The van der Waals surface area contributed by atoms with Crippen LogP contribution in [0.2, 0.25) is 0 Å². The molecule has 0 aliphatic carbocycles. The number of aromatic nitrogens is 2. The van der Waals surface area contributed by atoms with Gasteiger partial charge in [0.25, 0.3) is 0 Å². The van der Waals surface area contributed by atoms with Crippen molar-refractivity contribution in [3.05, 3.63) is 181 Å². The van der Waals surface area contributed by atoms with Crippen molar-refractivity contribution in [2.24, 2.45) is 4.99 Å². The maximum atomic E-state index is 6.15. The summed E-state index contributed by atoms with van der Waals surface area (Å²) in [5.41, 5.74) is 13.6. The highest BCUT2D eigenvalue weighted by atomic mass is 16.3.